The summed E-state index contributed by atoms with van der Waals surface area (Å²) in [5, 5.41) is 14.0. The second-order valence-corrected chi connectivity index (χ2v) is 7.12. The first-order chi connectivity index (χ1) is 10.8. The molecule has 126 valence electrons. The Morgan fingerprint density at radius 2 is 2.17 bits per heavy atom. The van der Waals surface area contributed by atoms with Gasteiger partial charge >= 0.3 is 5.97 Å². The molecule has 0 saturated carbocycles. The van der Waals surface area contributed by atoms with Crippen molar-refractivity contribution >= 4 is 27.0 Å². The normalized spacial score (nSPS) is 13.3. The third kappa shape index (κ3) is 3.67. The number of unbranched alkanes of at least 4 members (excludes halogenated alkanes) is 1. The van der Waals surface area contributed by atoms with Gasteiger partial charge in [-0.15, -0.1) is 0 Å². The summed E-state index contributed by atoms with van der Waals surface area (Å²) in [7, 11) is -2.24. The van der Waals surface area contributed by atoms with Crippen molar-refractivity contribution < 1.29 is 18.3 Å². The summed E-state index contributed by atoms with van der Waals surface area (Å²) in [6, 6.07) is 0.316. The van der Waals surface area contributed by atoms with E-state index in [9.17, 15) is 18.3 Å². The van der Waals surface area contributed by atoms with Crippen molar-refractivity contribution in [2.24, 2.45) is 7.05 Å². The van der Waals surface area contributed by atoms with Crippen molar-refractivity contribution in [1.29, 1.82) is 0 Å². The summed E-state index contributed by atoms with van der Waals surface area (Å²) < 4.78 is 28.7. The monoisotopic (exact) mass is 340 g/mol. The number of rotatable bonds is 7. The summed E-state index contributed by atoms with van der Waals surface area (Å²) >= 11 is 0. The third-order valence-corrected chi connectivity index (χ3v) is 5.03. The lowest BCUT2D eigenvalue weighted by Gasteiger charge is -2.14. The van der Waals surface area contributed by atoms with Gasteiger partial charge in [-0.2, -0.15) is 9.82 Å². The van der Waals surface area contributed by atoms with Gasteiger partial charge < -0.3 is 5.11 Å². The van der Waals surface area contributed by atoms with E-state index < -0.39 is 22.0 Å². The summed E-state index contributed by atoms with van der Waals surface area (Å²) in [6.07, 6.45) is 2.86. The summed E-state index contributed by atoms with van der Waals surface area (Å²) in [6.45, 7) is 3.67. The van der Waals surface area contributed by atoms with Gasteiger partial charge in [-0.3, -0.25) is 9.48 Å². The number of fused-ring (bicyclic) bond motifs is 1. The third-order valence-electron chi connectivity index (χ3n) is 3.59. The number of aryl methyl sites for hydroxylation is 2. The van der Waals surface area contributed by atoms with Crippen molar-refractivity contribution in [3.05, 3.63) is 18.0 Å². The van der Waals surface area contributed by atoms with Gasteiger partial charge in [0.05, 0.1) is 5.69 Å². The SMILES string of the molecule is CCCC[C@H](NS(=O)(=O)c1cnc2c(c1)c(C)nn2C)C(=O)O. The maximum absolute atomic E-state index is 12.4. The Kier molecular flexibility index (Phi) is 5.00. The molecule has 0 aliphatic heterocycles. The summed E-state index contributed by atoms with van der Waals surface area (Å²) in [5.74, 6) is -1.19. The Hall–Kier alpha value is -2.00. The molecule has 8 nitrogen and oxygen atoms in total. The maximum Gasteiger partial charge on any atom is 0.321 e. The Balaban J connectivity index is 2.35. The van der Waals surface area contributed by atoms with E-state index in [0.29, 0.717) is 23.1 Å². The van der Waals surface area contributed by atoms with Crippen LogP contribution in [0.4, 0.5) is 0 Å². The largest absolute Gasteiger partial charge is 0.480 e. The van der Waals surface area contributed by atoms with Gasteiger partial charge in [0, 0.05) is 18.6 Å². The highest BCUT2D eigenvalue weighted by atomic mass is 32.2. The zero-order chi connectivity index (χ0) is 17.2. The second-order valence-electron chi connectivity index (χ2n) is 5.41. The van der Waals surface area contributed by atoms with Crippen LogP contribution in [0.3, 0.4) is 0 Å². The zero-order valence-corrected chi connectivity index (χ0v) is 14.1. The molecule has 0 fully saturated rings. The van der Waals surface area contributed by atoms with Gasteiger partial charge in [-0.05, 0) is 19.4 Å². The molecule has 2 N–H and O–H groups in total. The molecule has 0 spiro atoms. The molecular weight excluding hydrogens is 320 g/mol. The molecule has 0 radical (unpaired) electrons. The summed E-state index contributed by atoms with van der Waals surface area (Å²) in [5.41, 5.74) is 1.23. The van der Waals surface area contributed by atoms with Crippen molar-refractivity contribution in [2.75, 3.05) is 0 Å². The van der Waals surface area contributed by atoms with Crippen LogP contribution in [-0.2, 0) is 21.9 Å². The highest BCUT2D eigenvalue weighted by Gasteiger charge is 2.25. The zero-order valence-electron chi connectivity index (χ0n) is 13.3. The molecule has 2 rings (SSSR count). The van der Waals surface area contributed by atoms with Gasteiger partial charge in [-0.25, -0.2) is 13.4 Å². The van der Waals surface area contributed by atoms with E-state index in [1.807, 2.05) is 6.92 Å². The molecule has 0 bridgehead atoms. The van der Waals surface area contributed by atoms with Gasteiger partial charge in [-0.1, -0.05) is 19.8 Å². The molecule has 0 unspecified atom stereocenters. The predicted octanol–water partition coefficient (Wildman–Crippen LogP) is 1.20. The minimum atomic E-state index is -3.96. The average Bonchev–Trinajstić information content (AvgIpc) is 2.77. The molecule has 2 aromatic rings. The fraction of sp³-hybridized carbons (Fsp3) is 0.500. The maximum atomic E-state index is 12.4. The molecular formula is C14H20N4O4S. The number of carboxylic acids is 1. The second kappa shape index (κ2) is 6.63. The lowest BCUT2D eigenvalue weighted by Crippen LogP contribution is -2.40. The van der Waals surface area contributed by atoms with Crippen LogP contribution in [0.25, 0.3) is 11.0 Å². The first-order valence-electron chi connectivity index (χ1n) is 7.30. The van der Waals surface area contributed by atoms with Crippen LogP contribution >= 0.6 is 0 Å². The van der Waals surface area contributed by atoms with E-state index >= 15 is 0 Å². The fourth-order valence-electron chi connectivity index (χ4n) is 2.33. The van der Waals surface area contributed by atoms with E-state index in [4.69, 9.17) is 0 Å². The number of pyridine rings is 1. The molecule has 0 aromatic carbocycles. The lowest BCUT2D eigenvalue weighted by atomic mass is 10.1. The number of nitrogens with zero attached hydrogens (tertiary/aromatic N) is 3. The van der Waals surface area contributed by atoms with Crippen LogP contribution in [-0.4, -0.2) is 40.3 Å². The van der Waals surface area contributed by atoms with Gasteiger partial charge in [0.2, 0.25) is 10.0 Å². The van der Waals surface area contributed by atoms with E-state index in [1.165, 1.54) is 12.3 Å². The van der Waals surface area contributed by atoms with Crippen molar-refractivity contribution in [1.82, 2.24) is 19.5 Å². The highest BCUT2D eigenvalue weighted by Crippen LogP contribution is 2.19. The molecule has 9 heteroatoms. The number of hydrogen-bond donors (Lipinski definition) is 2. The molecule has 1 atom stereocenters. The minimum Gasteiger partial charge on any atom is -0.480 e. The molecule has 0 saturated heterocycles. The smallest absolute Gasteiger partial charge is 0.321 e. The molecule has 0 aliphatic carbocycles. The standard InChI is InChI=1S/C14H20N4O4S/c1-4-5-6-12(14(19)20)17-23(21,22)10-7-11-9(2)16-18(3)13(11)15-8-10/h7-8,12,17H,4-6H2,1-3H3,(H,19,20)/t12-/m0/s1. The van der Waals surface area contributed by atoms with E-state index in [2.05, 4.69) is 14.8 Å². The highest BCUT2D eigenvalue weighted by molar-refractivity contribution is 7.89. The molecule has 2 heterocycles. The Labute approximate surface area is 134 Å². The fourth-order valence-corrected chi connectivity index (χ4v) is 3.53. The van der Waals surface area contributed by atoms with Crippen LogP contribution in [0.2, 0.25) is 0 Å². The van der Waals surface area contributed by atoms with Crippen LogP contribution in [0.1, 0.15) is 31.9 Å². The lowest BCUT2D eigenvalue weighted by molar-refractivity contribution is -0.139. The topological polar surface area (TPSA) is 114 Å². The molecule has 0 amide bonds. The van der Waals surface area contributed by atoms with Crippen molar-refractivity contribution in [3.63, 3.8) is 0 Å². The predicted molar refractivity (Wildman–Crippen MR) is 84.5 cm³/mol. The molecule has 2 aromatic heterocycles. The van der Waals surface area contributed by atoms with Gasteiger partial charge in [0.15, 0.2) is 5.65 Å². The first kappa shape index (κ1) is 17.4. The number of carbonyl (C=O) groups is 1. The first-order valence-corrected chi connectivity index (χ1v) is 8.79. The van der Waals surface area contributed by atoms with Crippen molar-refractivity contribution in [3.8, 4) is 0 Å². The molecule has 23 heavy (non-hydrogen) atoms. The minimum absolute atomic E-state index is 0.0659. The summed E-state index contributed by atoms with van der Waals surface area (Å²) in [4.78, 5) is 15.3. The number of aromatic nitrogens is 3. The number of sulfonamides is 1. The van der Waals surface area contributed by atoms with E-state index in [0.717, 1.165) is 6.42 Å². The van der Waals surface area contributed by atoms with Crippen molar-refractivity contribution in [2.45, 2.75) is 44.0 Å². The Morgan fingerprint density at radius 3 is 2.78 bits per heavy atom. The van der Waals surface area contributed by atoms with Crippen LogP contribution in [0, 0.1) is 6.92 Å². The van der Waals surface area contributed by atoms with Gasteiger partial charge in [0.1, 0.15) is 10.9 Å². The molecule has 0 aliphatic rings. The number of carboxylic acid groups (broad SMARTS) is 1. The van der Waals surface area contributed by atoms with Crippen LogP contribution < -0.4 is 4.72 Å². The number of aliphatic carboxylic acids is 1. The Morgan fingerprint density at radius 1 is 1.48 bits per heavy atom. The van der Waals surface area contributed by atoms with Gasteiger partial charge in [0.25, 0.3) is 0 Å². The quantitative estimate of drug-likeness (QED) is 0.783. The number of hydrogen-bond acceptors (Lipinski definition) is 5. The average molecular weight is 340 g/mol. The van der Waals surface area contributed by atoms with Crippen LogP contribution in [0.5, 0.6) is 0 Å². The van der Waals surface area contributed by atoms with E-state index in [1.54, 1.807) is 18.7 Å². The van der Waals surface area contributed by atoms with Crippen LogP contribution in [0.15, 0.2) is 17.2 Å². The Bertz CT molecular complexity index is 829. The number of nitrogens with one attached hydrogen (secondary N) is 1. The van der Waals surface area contributed by atoms with E-state index in [-0.39, 0.29) is 11.3 Å².